The summed E-state index contributed by atoms with van der Waals surface area (Å²) in [6.07, 6.45) is 0. The molecular weight excluding hydrogens is 320 g/mol. The van der Waals surface area contributed by atoms with Gasteiger partial charge in [0.1, 0.15) is 12.1 Å². The minimum Gasteiger partial charge on any atom is -0.336 e. The summed E-state index contributed by atoms with van der Waals surface area (Å²) < 4.78 is 0. The zero-order valence-electron chi connectivity index (χ0n) is 14.8. The molecule has 0 bridgehead atoms. The van der Waals surface area contributed by atoms with E-state index in [4.69, 9.17) is 0 Å². The Kier molecular flexibility index (Phi) is 4.51. The van der Waals surface area contributed by atoms with Gasteiger partial charge in [0.25, 0.3) is 5.91 Å². The summed E-state index contributed by atoms with van der Waals surface area (Å²) in [5.41, 5.74) is 0.644. The maximum atomic E-state index is 12.9. The van der Waals surface area contributed by atoms with Gasteiger partial charge in [0.15, 0.2) is 0 Å². The summed E-state index contributed by atoms with van der Waals surface area (Å²) in [5.74, 6) is -0.594. The van der Waals surface area contributed by atoms with Crippen molar-refractivity contribution < 1.29 is 14.4 Å². The lowest BCUT2D eigenvalue weighted by atomic mass is 9.91. The zero-order valence-corrected chi connectivity index (χ0v) is 14.8. The number of urea groups is 1. The normalized spacial score (nSPS) is 26.8. The van der Waals surface area contributed by atoms with Crippen LogP contribution >= 0.6 is 0 Å². The van der Waals surface area contributed by atoms with Crippen LogP contribution < -0.4 is 10.6 Å². The molecule has 1 aromatic rings. The van der Waals surface area contributed by atoms with Crippen molar-refractivity contribution in [3.8, 4) is 0 Å². The van der Waals surface area contributed by atoms with Crippen molar-refractivity contribution >= 4 is 17.8 Å². The standard InChI is InChI=1S/C18H24N4O3/c1-12-4-6-14(7-5-12)18(3)16(24)22(17(25)20-18)11-15(23)21-9-8-19-10-13(21)2/h4-7,13,19H,8-11H2,1-3H3,(H,20,25)/t13-,18?/m0/s1. The fraction of sp³-hybridized carbons (Fsp3) is 0.500. The second-order valence-corrected chi connectivity index (χ2v) is 6.95. The Bertz CT molecular complexity index is 703. The van der Waals surface area contributed by atoms with E-state index in [1.807, 2.05) is 38.1 Å². The molecule has 0 aromatic heterocycles. The predicted molar refractivity (Wildman–Crippen MR) is 92.8 cm³/mol. The zero-order chi connectivity index (χ0) is 18.2. The van der Waals surface area contributed by atoms with E-state index in [1.165, 1.54) is 0 Å². The lowest BCUT2D eigenvalue weighted by molar-refractivity contribution is -0.140. The summed E-state index contributed by atoms with van der Waals surface area (Å²) in [7, 11) is 0. The highest BCUT2D eigenvalue weighted by Crippen LogP contribution is 2.29. The van der Waals surface area contributed by atoms with Gasteiger partial charge in [0, 0.05) is 25.7 Å². The predicted octanol–water partition coefficient (Wildman–Crippen LogP) is 0.582. The maximum absolute atomic E-state index is 12.9. The van der Waals surface area contributed by atoms with Crippen LogP contribution in [0.4, 0.5) is 4.79 Å². The van der Waals surface area contributed by atoms with Gasteiger partial charge in [-0.25, -0.2) is 4.79 Å². The lowest BCUT2D eigenvalue weighted by Gasteiger charge is -2.34. The van der Waals surface area contributed by atoms with Gasteiger partial charge in [-0.2, -0.15) is 0 Å². The Labute approximate surface area is 147 Å². The summed E-state index contributed by atoms with van der Waals surface area (Å²) in [6.45, 7) is 7.38. The molecule has 0 radical (unpaired) electrons. The molecule has 2 aliphatic heterocycles. The number of nitrogens with zero attached hydrogens (tertiary/aromatic N) is 2. The molecule has 7 heteroatoms. The molecule has 1 aromatic carbocycles. The molecule has 4 amide bonds. The van der Waals surface area contributed by atoms with Crippen molar-refractivity contribution in [2.75, 3.05) is 26.2 Å². The first-order valence-electron chi connectivity index (χ1n) is 8.54. The van der Waals surface area contributed by atoms with Crippen molar-refractivity contribution in [1.82, 2.24) is 20.4 Å². The maximum Gasteiger partial charge on any atom is 0.325 e. The van der Waals surface area contributed by atoms with Gasteiger partial charge < -0.3 is 15.5 Å². The van der Waals surface area contributed by atoms with Gasteiger partial charge in [0.05, 0.1) is 0 Å². The van der Waals surface area contributed by atoms with Crippen LogP contribution in [0.3, 0.4) is 0 Å². The van der Waals surface area contributed by atoms with E-state index in [0.29, 0.717) is 18.7 Å². The average Bonchev–Trinajstić information content (AvgIpc) is 2.80. The topological polar surface area (TPSA) is 81.8 Å². The van der Waals surface area contributed by atoms with E-state index in [1.54, 1.807) is 11.8 Å². The van der Waals surface area contributed by atoms with Gasteiger partial charge in [-0.15, -0.1) is 0 Å². The van der Waals surface area contributed by atoms with E-state index >= 15 is 0 Å². The smallest absolute Gasteiger partial charge is 0.325 e. The fourth-order valence-electron chi connectivity index (χ4n) is 3.36. The largest absolute Gasteiger partial charge is 0.336 e. The number of rotatable bonds is 3. The number of nitrogens with one attached hydrogen (secondary N) is 2. The number of hydrogen-bond acceptors (Lipinski definition) is 4. The minimum atomic E-state index is -1.14. The van der Waals surface area contributed by atoms with Crippen molar-refractivity contribution in [3.05, 3.63) is 35.4 Å². The Balaban J connectivity index is 1.77. The van der Waals surface area contributed by atoms with E-state index in [2.05, 4.69) is 10.6 Å². The van der Waals surface area contributed by atoms with Crippen molar-refractivity contribution in [3.63, 3.8) is 0 Å². The van der Waals surface area contributed by atoms with Crippen LogP contribution in [0.15, 0.2) is 24.3 Å². The molecule has 2 aliphatic rings. The molecular formula is C18H24N4O3. The van der Waals surface area contributed by atoms with Crippen LogP contribution in [0, 0.1) is 6.92 Å². The summed E-state index contributed by atoms with van der Waals surface area (Å²) in [6, 6.07) is 6.98. The first-order valence-corrected chi connectivity index (χ1v) is 8.54. The number of benzene rings is 1. The molecule has 134 valence electrons. The highest BCUT2D eigenvalue weighted by atomic mass is 16.2. The summed E-state index contributed by atoms with van der Waals surface area (Å²) in [5, 5.41) is 5.96. The van der Waals surface area contributed by atoms with Gasteiger partial charge in [-0.1, -0.05) is 29.8 Å². The van der Waals surface area contributed by atoms with Crippen LogP contribution in [-0.4, -0.2) is 59.9 Å². The van der Waals surface area contributed by atoms with Crippen LogP contribution in [0.2, 0.25) is 0 Å². The third-order valence-corrected chi connectivity index (χ3v) is 5.02. The molecule has 0 saturated carbocycles. The van der Waals surface area contributed by atoms with Crippen LogP contribution in [-0.2, 0) is 15.1 Å². The van der Waals surface area contributed by atoms with Crippen molar-refractivity contribution in [2.45, 2.75) is 32.4 Å². The number of amides is 4. The summed E-state index contributed by atoms with van der Waals surface area (Å²) in [4.78, 5) is 40.6. The highest BCUT2D eigenvalue weighted by Gasteiger charge is 2.49. The molecule has 2 N–H and O–H groups in total. The molecule has 2 heterocycles. The molecule has 2 atom stereocenters. The number of carbonyl (C=O) groups excluding carboxylic acids is 3. The van der Waals surface area contributed by atoms with Crippen LogP contribution in [0.1, 0.15) is 25.0 Å². The Morgan fingerprint density at radius 1 is 1.28 bits per heavy atom. The van der Waals surface area contributed by atoms with E-state index in [-0.39, 0.29) is 18.5 Å². The molecule has 0 aliphatic carbocycles. The first-order chi connectivity index (χ1) is 11.8. The average molecular weight is 344 g/mol. The second kappa shape index (κ2) is 6.48. The third kappa shape index (κ3) is 3.11. The quantitative estimate of drug-likeness (QED) is 0.786. The Morgan fingerprint density at radius 2 is 1.96 bits per heavy atom. The minimum absolute atomic E-state index is 0.0468. The SMILES string of the molecule is Cc1ccc(C2(C)NC(=O)N(CC(=O)N3CCNC[C@@H]3C)C2=O)cc1. The molecule has 0 spiro atoms. The monoisotopic (exact) mass is 344 g/mol. The molecule has 25 heavy (non-hydrogen) atoms. The molecule has 1 unspecified atom stereocenters. The van der Waals surface area contributed by atoms with E-state index in [9.17, 15) is 14.4 Å². The Hall–Kier alpha value is -2.41. The molecule has 3 rings (SSSR count). The third-order valence-electron chi connectivity index (χ3n) is 5.02. The number of piperazine rings is 1. The fourth-order valence-corrected chi connectivity index (χ4v) is 3.36. The van der Waals surface area contributed by atoms with Crippen LogP contribution in [0.25, 0.3) is 0 Å². The Morgan fingerprint density at radius 3 is 2.60 bits per heavy atom. The van der Waals surface area contributed by atoms with E-state index < -0.39 is 17.5 Å². The van der Waals surface area contributed by atoms with Crippen molar-refractivity contribution in [1.29, 1.82) is 0 Å². The van der Waals surface area contributed by atoms with Gasteiger partial charge in [-0.3, -0.25) is 14.5 Å². The van der Waals surface area contributed by atoms with Gasteiger partial charge >= 0.3 is 6.03 Å². The van der Waals surface area contributed by atoms with Gasteiger partial charge in [0.2, 0.25) is 5.91 Å². The lowest BCUT2D eigenvalue weighted by Crippen LogP contribution is -2.55. The summed E-state index contributed by atoms with van der Waals surface area (Å²) >= 11 is 0. The molecule has 2 saturated heterocycles. The number of hydrogen-bond donors (Lipinski definition) is 2. The van der Waals surface area contributed by atoms with Crippen LogP contribution in [0.5, 0.6) is 0 Å². The molecule has 2 fully saturated rings. The second-order valence-electron chi connectivity index (χ2n) is 6.95. The highest BCUT2D eigenvalue weighted by molar-refractivity contribution is 6.09. The van der Waals surface area contributed by atoms with Gasteiger partial charge in [-0.05, 0) is 26.3 Å². The van der Waals surface area contributed by atoms with Crippen molar-refractivity contribution in [2.24, 2.45) is 0 Å². The first kappa shape index (κ1) is 17.4. The molecule has 7 nitrogen and oxygen atoms in total. The number of aryl methyl sites for hydroxylation is 1. The van der Waals surface area contributed by atoms with E-state index in [0.717, 1.165) is 17.0 Å². The number of imide groups is 1. The number of carbonyl (C=O) groups is 3.